The molecule has 1 aromatic carbocycles. The molecule has 0 aromatic heterocycles. The monoisotopic (exact) mass is 281 g/mol. The summed E-state index contributed by atoms with van der Waals surface area (Å²) in [7, 11) is -3.92. The second-order valence-electron chi connectivity index (χ2n) is 3.30. The minimum atomic E-state index is -3.92. The highest BCUT2D eigenvalue weighted by atomic mass is 35.5. The van der Waals surface area contributed by atoms with E-state index in [4.69, 9.17) is 16.7 Å². The van der Waals surface area contributed by atoms with E-state index in [0.717, 1.165) is 16.4 Å². The van der Waals surface area contributed by atoms with Crippen LogP contribution < -0.4 is 0 Å². The van der Waals surface area contributed by atoms with Crippen LogP contribution in [0.25, 0.3) is 0 Å². The van der Waals surface area contributed by atoms with Crippen LogP contribution in [-0.2, 0) is 10.0 Å². The van der Waals surface area contributed by atoms with E-state index in [-0.39, 0.29) is 24.7 Å². The third-order valence-electron chi connectivity index (χ3n) is 2.21. The molecule has 0 saturated carbocycles. The Kier molecular flexibility index (Phi) is 4.88. The van der Waals surface area contributed by atoms with Crippen LogP contribution >= 0.6 is 11.6 Å². The zero-order chi connectivity index (χ0) is 13.1. The summed E-state index contributed by atoms with van der Waals surface area (Å²) in [5.41, 5.74) is 0. The number of benzene rings is 1. The molecule has 96 valence electrons. The van der Waals surface area contributed by atoms with Crippen molar-refractivity contribution in [2.75, 3.05) is 19.7 Å². The Bertz CT molecular complexity index is 492. The summed E-state index contributed by atoms with van der Waals surface area (Å²) >= 11 is 5.55. The lowest BCUT2D eigenvalue weighted by Crippen LogP contribution is -2.33. The summed E-state index contributed by atoms with van der Waals surface area (Å²) < 4.78 is 38.6. The third-order valence-corrected chi connectivity index (χ3v) is 4.46. The predicted octanol–water partition coefficient (Wildman–Crippen LogP) is 1.48. The maximum atomic E-state index is 13.5. The highest BCUT2D eigenvalue weighted by molar-refractivity contribution is 7.89. The third kappa shape index (κ3) is 3.16. The summed E-state index contributed by atoms with van der Waals surface area (Å²) in [4.78, 5) is -0.433. The average Bonchev–Trinajstić information content (AvgIpc) is 2.24. The Labute approximate surface area is 105 Å². The molecule has 0 amide bonds. The number of sulfonamides is 1. The van der Waals surface area contributed by atoms with Crippen LogP contribution in [-0.4, -0.2) is 37.5 Å². The molecule has 0 heterocycles. The molecule has 0 aliphatic rings. The molecule has 1 aromatic rings. The fraction of sp³-hybridized carbons (Fsp3) is 0.400. The van der Waals surface area contributed by atoms with Crippen molar-refractivity contribution >= 4 is 21.6 Å². The van der Waals surface area contributed by atoms with Gasteiger partial charge in [-0.3, -0.25) is 0 Å². The van der Waals surface area contributed by atoms with Gasteiger partial charge in [-0.1, -0.05) is 18.5 Å². The van der Waals surface area contributed by atoms with Crippen molar-refractivity contribution in [3.05, 3.63) is 29.0 Å². The Balaban J connectivity index is 3.20. The highest BCUT2D eigenvalue weighted by Gasteiger charge is 2.25. The van der Waals surface area contributed by atoms with E-state index >= 15 is 0 Å². The van der Waals surface area contributed by atoms with Crippen LogP contribution in [0.5, 0.6) is 0 Å². The van der Waals surface area contributed by atoms with Crippen molar-refractivity contribution in [2.24, 2.45) is 0 Å². The predicted molar refractivity (Wildman–Crippen MR) is 62.9 cm³/mol. The number of halogens is 2. The fourth-order valence-electron chi connectivity index (χ4n) is 1.38. The smallest absolute Gasteiger partial charge is 0.246 e. The molecule has 0 unspecified atom stereocenters. The van der Waals surface area contributed by atoms with E-state index in [1.807, 2.05) is 0 Å². The van der Waals surface area contributed by atoms with Crippen LogP contribution in [0.15, 0.2) is 23.1 Å². The number of rotatable bonds is 5. The molecule has 7 heteroatoms. The molecule has 0 aliphatic heterocycles. The van der Waals surface area contributed by atoms with Crippen molar-refractivity contribution in [2.45, 2.75) is 11.8 Å². The van der Waals surface area contributed by atoms with Gasteiger partial charge in [-0.05, 0) is 18.2 Å². The van der Waals surface area contributed by atoms with Gasteiger partial charge in [0.1, 0.15) is 10.7 Å². The van der Waals surface area contributed by atoms with E-state index in [0.29, 0.717) is 0 Å². The van der Waals surface area contributed by atoms with Crippen molar-refractivity contribution in [1.82, 2.24) is 4.31 Å². The minimum absolute atomic E-state index is 0.0686. The first-order valence-corrected chi connectivity index (χ1v) is 6.81. The molecule has 0 atom stereocenters. The molecular formula is C10H13ClFNO3S. The highest BCUT2D eigenvalue weighted by Crippen LogP contribution is 2.22. The van der Waals surface area contributed by atoms with Gasteiger partial charge >= 0.3 is 0 Å². The van der Waals surface area contributed by atoms with Crippen molar-refractivity contribution in [3.8, 4) is 0 Å². The van der Waals surface area contributed by atoms with E-state index in [1.54, 1.807) is 6.92 Å². The van der Waals surface area contributed by atoms with E-state index < -0.39 is 20.7 Å². The maximum absolute atomic E-state index is 13.5. The van der Waals surface area contributed by atoms with Crippen molar-refractivity contribution in [1.29, 1.82) is 0 Å². The van der Waals surface area contributed by atoms with E-state index in [1.165, 1.54) is 6.07 Å². The summed E-state index contributed by atoms with van der Waals surface area (Å²) in [6.07, 6.45) is 0. The van der Waals surface area contributed by atoms with Gasteiger partial charge in [-0.2, -0.15) is 4.31 Å². The van der Waals surface area contributed by atoms with Crippen LogP contribution in [0.2, 0.25) is 5.02 Å². The van der Waals surface area contributed by atoms with Gasteiger partial charge in [0.25, 0.3) is 0 Å². The fourth-order valence-corrected chi connectivity index (χ4v) is 3.03. The van der Waals surface area contributed by atoms with Crippen LogP contribution in [0.4, 0.5) is 4.39 Å². The van der Waals surface area contributed by atoms with E-state index in [2.05, 4.69) is 0 Å². The number of aliphatic hydroxyl groups is 1. The summed E-state index contributed by atoms with van der Waals surface area (Å²) in [6, 6.07) is 3.37. The molecule has 0 aliphatic carbocycles. The molecular weight excluding hydrogens is 269 g/mol. The topological polar surface area (TPSA) is 57.6 Å². The Morgan fingerprint density at radius 1 is 1.47 bits per heavy atom. The van der Waals surface area contributed by atoms with Gasteiger partial charge < -0.3 is 5.11 Å². The zero-order valence-electron chi connectivity index (χ0n) is 9.23. The quantitative estimate of drug-likeness (QED) is 0.889. The van der Waals surface area contributed by atoms with Gasteiger partial charge in [0.15, 0.2) is 0 Å². The van der Waals surface area contributed by atoms with Crippen LogP contribution in [0.1, 0.15) is 6.92 Å². The lowest BCUT2D eigenvalue weighted by Gasteiger charge is -2.19. The molecule has 1 rings (SSSR count). The molecule has 1 N–H and O–H groups in total. The van der Waals surface area contributed by atoms with Crippen LogP contribution in [0.3, 0.4) is 0 Å². The molecule has 0 radical (unpaired) electrons. The number of hydrogen-bond acceptors (Lipinski definition) is 3. The van der Waals surface area contributed by atoms with Crippen molar-refractivity contribution < 1.29 is 17.9 Å². The van der Waals surface area contributed by atoms with Gasteiger partial charge in [0, 0.05) is 18.1 Å². The van der Waals surface area contributed by atoms with Gasteiger partial charge in [-0.25, -0.2) is 12.8 Å². The Morgan fingerprint density at radius 2 is 2.12 bits per heavy atom. The molecule has 0 spiro atoms. The normalized spacial score (nSPS) is 12.1. The second kappa shape index (κ2) is 5.77. The van der Waals surface area contributed by atoms with Gasteiger partial charge in [0.2, 0.25) is 10.0 Å². The lowest BCUT2D eigenvalue weighted by molar-refractivity contribution is 0.256. The molecule has 17 heavy (non-hydrogen) atoms. The molecule has 4 nitrogen and oxygen atoms in total. The minimum Gasteiger partial charge on any atom is -0.395 e. The SMILES string of the molecule is CCN(CCO)S(=O)(=O)c1ccc(Cl)cc1F. The molecule has 0 saturated heterocycles. The number of nitrogens with zero attached hydrogens (tertiary/aromatic N) is 1. The first kappa shape index (κ1) is 14.4. The molecule has 0 fully saturated rings. The summed E-state index contributed by atoms with van der Waals surface area (Å²) in [5.74, 6) is -0.895. The van der Waals surface area contributed by atoms with E-state index in [9.17, 15) is 12.8 Å². The standard InChI is InChI=1S/C10H13ClFNO3S/c1-2-13(5-6-14)17(15,16)10-4-3-8(11)7-9(10)12/h3-4,7,14H,2,5-6H2,1H3. The first-order valence-electron chi connectivity index (χ1n) is 4.99. The van der Waals surface area contributed by atoms with Crippen molar-refractivity contribution in [3.63, 3.8) is 0 Å². The summed E-state index contributed by atoms with van der Waals surface area (Å²) in [6.45, 7) is 1.38. The maximum Gasteiger partial charge on any atom is 0.246 e. The summed E-state index contributed by atoms with van der Waals surface area (Å²) in [5, 5.41) is 8.90. The first-order chi connectivity index (χ1) is 7.93. The average molecular weight is 282 g/mol. The second-order valence-corrected chi connectivity index (χ2v) is 5.64. The number of aliphatic hydroxyl groups excluding tert-OH is 1. The Hall–Kier alpha value is -0.690. The zero-order valence-corrected chi connectivity index (χ0v) is 10.8. The largest absolute Gasteiger partial charge is 0.395 e. The van der Waals surface area contributed by atoms with Gasteiger partial charge in [0.05, 0.1) is 6.61 Å². The van der Waals surface area contributed by atoms with Gasteiger partial charge in [-0.15, -0.1) is 0 Å². The van der Waals surface area contributed by atoms with Crippen LogP contribution in [0, 0.1) is 5.82 Å². The number of likely N-dealkylation sites (N-methyl/N-ethyl adjacent to an activating group) is 1. The lowest BCUT2D eigenvalue weighted by atomic mass is 10.3. The number of hydrogen-bond donors (Lipinski definition) is 1. The Morgan fingerprint density at radius 3 is 2.59 bits per heavy atom. The molecule has 0 bridgehead atoms.